The van der Waals surface area contributed by atoms with Gasteiger partial charge in [-0.05, 0) is 65.7 Å². The van der Waals surface area contributed by atoms with Crippen LogP contribution in [-0.4, -0.2) is 50.1 Å². The van der Waals surface area contributed by atoms with Gasteiger partial charge in [0.2, 0.25) is 10.0 Å². The van der Waals surface area contributed by atoms with E-state index >= 15 is 0 Å². The topological polar surface area (TPSA) is 53.8 Å². The van der Waals surface area contributed by atoms with Gasteiger partial charge in [0.05, 0.1) is 12.8 Å². The van der Waals surface area contributed by atoms with Crippen LogP contribution < -0.4 is 0 Å². The highest BCUT2D eigenvalue weighted by Crippen LogP contribution is 2.33. The summed E-state index contributed by atoms with van der Waals surface area (Å²) in [5, 5.41) is 0. The third-order valence-corrected chi connectivity index (χ3v) is 6.68. The molecule has 0 aliphatic carbocycles. The van der Waals surface area contributed by atoms with Crippen LogP contribution in [0.5, 0.6) is 0 Å². The van der Waals surface area contributed by atoms with Gasteiger partial charge in [-0.25, -0.2) is 12.7 Å². The summed E-state index contributed by atoms with van der Waals surface area (Å²) in [5.41, 5.74) is 0. The highest BCUT2D eigenvalue weighted by molar-refractivity contribution is 9.10. The minimum Gasteiger partial charge on any atom is -0.453 e. The molecular formula is C15H23BrN2O3S. The lowest BCUT2D eigenvalue weighted by Crippen LogP contribution is -2.39. The molecule has 124 valence electrons. The van der Waals surface area contributed by atoms with Crippen molar-refractivity contribution in [1.29, 1.82) is 0 Å². The maximum atomic E-state index is 11.6. The summed E-state index contributed by atoms with van der Waals surface area (Å²) in [4.78, 5) is 2.44. The molecule has 1 aromatic rings. The molecule has 0 N–H and O–H groups in total. The lowest BCUT2D eigenvalue weighted by atomic mass is 9.84. The molecule has 2 aliphatic heterocycles. The third kappa shape index (κ3) is 3.93. The predicted molar refractivity (Wildman–Crippen MR) is 88.9 cm³/mol. The van der Waals surface area contributed by atoms with E-state index in [0.29, 0.717) is 24.9 Å². The summed E-state index contributed by atoms with van der Waals surface area (Å²) in [6, 6.07) is 3.95. The summed E-state index contributed by atoms with van der Waals surface area (Å²) in [6.45, 7) is 4.44. The lowest BCUT2D eigenvalue weighted by molar-refractivity contribution is 0.199. The van der Waals surface area contributed by atoms with E-state index in [1.165, 1.54) is 12.7 Å². The number of hydrogen-bond donors (Lipinski definition) is 0. The Bertz CT molecular complexity index is 608. The number of halogens is 1. The fourth-order valence-corrected chi connectivity index (χ4v) is 4.94. The number of piperidine rings is 1. The first-order valence-corrected chi connectivity index (χ1v) is 10.5. The van der Waals surface area contributed by atoms with Crippen LogP contribution in [0.2, 0.25) is 0 Å². The first-order valence-electron chi connectivity index (χ1n) is 7.83. The smallest absolute Gasteiger partial charge is 0.211 e. The Labute approximate surface area is 140 Å². The molecular weight excluding hydrogens is 368 g/mol. The highest BCUT2D eigenvalue weighted by Gasteiger charge is 2.33. The number of rotatable bonds is 4. The average Bonchev–Trinajstić information content (AvgIpc) is 3.08. The minimum atomic E-state index is -3.02. The van der Waals surface area contributed by atoms with Crippen molar-refractivity contribution in [3.63, 3.8) is 0 Å². The van der Waals surface area contributed by atoms with E-state index in [1.54, 1.807) is 4.31 Å². The van der Waals surface area contributed by atoms with Crippen LogP contribution in [0.1, 0.15) is 25.0 Å². The maximum absolute atomic E-state index is 11.6. The van der Waals surface area contributed by atoms with E-state index in [-0.39, 0.29) is 0 Å². The van der Waals surface area contributed by atoms with Crippen LogP contribution in [0.3, 0.4) is 0 Å². The third-order valence-electron chi connectivity index (χ3n) is 4.95. The molecule has 2 aliphatic rings. The van der Waals surface area contributed by atoms with Gasteiger partial charge < -0.3 is 4.42 Å². The zero-order valence-corrected chi connectivity index (χ0v) is 15.3. The van der Waals surface area contributed by atoms with Crippen molar-refractivity contribution in [2.45, 2.75) is 25.8 Å². The van der Waals surface area contributed by atoms with Gasteiger partial charge in [0.25, 0.3) is 0 Å². The number of hydrogen-bond acceptors (Lipinski definition) is 4. The zero-order valence-electron chi connectivity index (χ0n) is 12.9. The van der Waals surface area contributed by atoms with Crippen molar-refractivity contribution in [2.24, 2.45) is 11.8 Å². The van der Waals surface area contributed by atoms with Crippen molar-refractivity contribution < 1.29 is 12.8 Å². The van der Waals surface area contributed by atoms with Gasteiger partial charge in [0.1, 0.15) is 5.76 Å². The van der Waals surface area contributed by atoms with Crippen LogP contribution in [0.25, 0.3) is 0 Å². The summed E-state index contributed by atoms with van der Waals surface area (Å²) in [7, 11) is -3.02. The van der Waals surface area contributed by atoms with Gasteiger partial charge >= 0.3 is 0 Å². The molecule has 3 heterocycles. The van der Waals surface area contributed by atoms with Crippen molar-refractivity contribution >= 4 is 26.0 Å². The SMILES string of the molecule is CS(=O)(=O)N1CCC(C2CCN(Cc3ccc(Br)o3)C2)CC1. The Morgan fingerprint density at radius 2 is 1.86 bits per heavy atom. The number of likely N-dealkylation sites (tertiary alicyclic amines) is 1. The first-order chi connectivity index (χ1) is 10.4. The van der Waals surface area contributed by atoms with Gasteiger partial charge in [-0.1, -0.05) is 0 Å². The molecule has 0 aromatic carbocycles. The summed E-state index contributed by atoms with van der Waals surface area (Å²) < 4.78 is 31.1. The fraction of sp³-hybridized carbons (Fsp3) is 0.733. The van der Waals surface area contributed by atoms with Gasteiger partial charge in [-0.2, -0.15) is 0 Å². The van der Waals surface area contributed by atoms with Gasteiger partial charge in [-0.15, -0.1) is 0 Å². The Morgan fingerprint density at radius 3 is 2.45 bits per heavy atom. The highest BCUT2D eigenvalue weighted by atomic mass is 79.9. The molecule has 1 unspecified atom stereocenters. The summed E-state index contributed by atoms with van der Waals surface area (Å²) in [6.07, 6.45) is 4.52. The van der Waals surface area contributed by atoms with Crippen LogP contribution in [-0.2, 0) is 16.6 Å². The quantitative estimate of drug-likeness (QED) is 0.792. The molecule has 2 saturated heterocycles. The standard InChI is InChI=1S/C15H23BrN2O3S/c1-22(19,20)18-8-5-12(6-9-18)13-4-7-17(10-13)11-14-2-3-15(16)21-14/h2-3,12-13H,4-11H2,1H3. The second-order valence-corrected chi connectivity index (χ2v) is 9.25. The first kappa shape index (κ1) is 16.5. The number of nitrogens with zero attached hydrogens (tertiary/aromatic N) is 2. The Hall–Kier alpha value is -0.370. The Kier molecular flexibility index (Phi) is 4.97. The van der Waals surface area contributed by atoms with Crippen LogP contribution in [0, 0.1) is 11.8 Å². The normalized spacial score (nSPS) is 25.8. The van der Waals surface area contributed by atoms with E-state index in [1.807, 2.05) is 12.1 Å². The van der Waals surface area contributed by atoms with Gasteiger partial charge in [-0.3, -0.25) is 4.90 Å². The second kappa shape index (κ2) is 6.63. The van der Waals surface area contributed by atoms with E-state index in [4.69, 9.17) is 4.42 Å². The predicted octanol–water partition coefficient (Wildman–Crippen LogP) is 2.54. The van der Waals surface area contributed by atoms with Crippen LogP contribution in [0.15, 0.2) is 21.2 Å². The van der Waals surface area contributed by atoms with E-state index < -0.39 is 10.0 Å². The summed E-state index contributed by atoms with van der Waals surface area (Å²) >= 11 is 3.34. The van der Waals surface area contributed by atoms with Crippen molar-refractivity contribution in [3.05, 3.63) is 22.6 Å². The molecule has 0 amide bonds. The molecule has 0 radical (unpaired) electrons. The number of furan rings is 1. The number of sulfonamides is 1. The van der Waals surface area contributed by atoms with E-state index in [9.17, 15) is 8.42 Å². The minimum absolute atomic E-state index is 0.659. The largest absolute Gasteiger partial charge is 0.453 e. The van der Waals surface area contributed by atoms with Crippen molar-refractivity contribution in [2.75, 3.05) is 32.4 Å². The van der Waals surface area contributed by atoms with Crippen LogP contribution >= 0.6 is 15.9 Å². The van der Waals surface area contributed by atoms with E-state index in [2.05, 4.69) is 20.8 Å². The molecule has 0 bridgehead atoms. The Balaban J connectivity index is 1.49. The zero-order chi connectivity index (χ0) is 15.7. The molecule has 1 aromatic heterocycles. The molecule has 0 spiro atoms. The molecule has 3 rings (SSSR count). The second-order valence-electron chi connectivity index (χ2n) is 6.49. The monoisotopic (exact) mass is 390 g/mol. The van der Waals surface area contributed by atoms with Crippen molar-refractivity contribution in [3.8, 4) is 0 Å². The fourth-order valence-electron chi connectivity index (χ4n) is 3.73. The average molecular weight is 391 g/mol. The molecule has 7 heteroatoms. The summed E-state index contributed by atoms with van der Waals surface area (Å²) in [5.74, 6) is 2.35. The Morgan fingerprint density at radius 1 is 1.18 bits per heavy atom. The van der Waals surface area contributed by atoms with Gasteiger partial charge in [0.15, 0.2) is 4.67 Å². The van der Waals surface area contributed by atoms with Gasteiger partial charge in [0, 0.05) is 19.6 Å². The van der Waals surface area contributed by atoms with Crippen molar-refractivity contribution in [1.82, 2.24) is 9.21 Å². The van der Waals surface area contributed by atoms with E-state index in [0.717, 1.165) is 42.9 Å². The lowest BCUT2D eigenvalue weighted by Gasteiger charge is -2.33. The van der Waals surface area contributed by atoms with Crippen LogP contribution in [0.4, 0.5) is 0 Å². The maximum Gasteiger partial charge on any atom is 0.211 e. The molecule has 1 atom stereocenters. The molecule has 5 nitrogen and oxygen atoms in total. The molecule has 22 heavy (non-hydrogen) atoms. The molecule has 0 saturated carbocycles. The molecule has 2 fully saturated rings.